The minimum Gasteiger partial charge on any atom is -0.309 e. The molecule has 0 amide bonds. The van der Waals surface area contributed by atoms with Crippen molar-refractivity contribution in [2.24, 2.45) is 0 Å². The molecule has 0 aliphatic carbocycles. The number of rotatable bonds is 3. The summed E-state index contributed by atoms with van der Waals surface area (Å²) < 4.78 is 95.8. The lowest BCUT2D eigenvalue weighted by atomic mass is 9.94. The molecular weight excluding hydrogens is 497 g/mol. The SMILES string of the molecule is O=[P@]1(c2ccc(C(F)(F)F)cc2)C(c2ccccc2)=C(c2ccccc2)c2cc(C(F)(F)F)ccc21. The second-order valence-electron chi connectivity index (χ2n) is 8.34. The molecule has 36 heavy (non-hydrogen) atoms. The molecule has 0 aromatic heterocycles. The summed E-state index contributed by atoms with van der Waals surface area (Å²) >= 11 is 0. The summed E-state index contributed by atoms with van der Waals surface area (Å²) in [6.45, 7) is 0. The van der Waals surface area contributed by atoms with Crippen molar-refractivity contribution in [3.63, 3.8) is 0 Å². The normalized spacial score (nSPS) is 17.8. The summed E-state index contributed by atoms with van der Waals surface area (Å²) in [7, 11) is -3.87. The molecule has 1 atom stereocenters. The maximum atomic E-state index is 15.1. The van der Waals surface area contributed by atoms with Gasteiger partial charge in [0.05, 0.1) is 11.1 Å². The zero-order valence-electron chi connectivity index (χ0n) is 18.4. The number of hydrogen-bond acceptors (Lipinski definition) is 1. The van der Waals surface area contributed by atoms with E-state index in [0.29, 0.717) is 22.0 Å². The van der Waals surface area contributed by atoms with Crippen LogP contribution in [0.4, 0.5) is 26.3 Å². The molecule has 4 aromatic carbocycles. The van der Waals surface area contributed by atoms with Gasteiger partial charge in [0.1, 0.15) is 0 Å². The average molecular weight is 514 g/mol. The number of benzene rings is 4. The largest absolute Gasteiger partial charge is 0.416 e. The van der Waals surface area contributed by atoms with Crippen LogP contribution in [0.1, 0.15) is 27.8 Å². The Morgan fingerprint density at radius 2 is 1.06 bits per heavy atom. The fourth-order valence-corrected chi connectivity index (χ4v) is 7.76. The van der Waals surface area contributed by atoms with Gasteiger partial charge in [-0.1, -0.05) is 72.8 Å². The fraction of sp³-hybridized carbons (Fsp3) is 0.0714. The molecule has 1 heterocycles. The van der Waals surface area contributed by atoms with Gasteiger partial charge >= 0.3 is 12.4 Å². The summed E-state index contributed by atoms with van der Waals surface area (Å²) in [6, 6.07) is 24.2. The Hall–Kier alpha value is -3.57. The van der Waals surface area contributed by atoms with Gasteiger partial charge in [-0.05, 0) is 47.0 Å². The van der Waals surface area contributed by atoms with Crippen LogP contribution < -0.4 is 10.6 Å². The molecular formula is C28H17F6OP. The maximum absolute atomic E-state index is 15.1. The Balaban J connectivity index is 1.88. The molecule has 1 nitrogen and oxygen atoms in total. The molecule has 0 radical (unpaired) electrons. The van der Waals surface area contributed by atoms with Crippen LogP contribution in [0, 0.1) is 0 Å². The highest BCUT2D eigenvalue weighted by Gasteiger charge is 2.45. The Kier molecular flexibility index (Phi) is 5.72. The predicted octanol–water partition coefficient (Wildman–Crippen LogP) is 7.97. The molecule has 5 rings (SSSR count). The Bertz CT molecular complexity index is 1500. The highest BCUT2D eigenvalue weighted by Crippen LogP contribution is 2.65. The zero-order chi connectivity index (χ0) is 25.7. The highest BCUT2D eigenvalue weighted by molar-refractivity contribution is 7.88. The van der Waals surface area contributed by atoms with Crippen molar-refractivity contribution in [2.75, 3.05) is 0 Å². The summed E-state index contributed by atoms with van der Waals surface area (Å²) in [5, 5.41) is 0.567. The fourth-order valence-electron chi connectivity index (χ4n) is 4.54. The first-order valence-corrected chi connectivity index (χ1v) is 12.6. The Morgan fingerprint density at radius 3 is 1.58 bits per heavy atom. The number of halogens is 6. The smallest absolute Gasteiger partial charge is 0.309 e. The standard InChI is InChI=1S/C28H17F6OP/c29-27(30,31)20-11-14-22(15-12-20)36(35)24-16-13-21(28(32,33)34)17-23(24)25(18-7-3-1-4-8-18)26(36)19-9-5-2-6-10-19/h1-17H/t36-/m0/s1. The van der Waals surface area contributed by atoms with Crippen molar-refractivity contribution in [3.8, 4) is 0 Å². The Labute approximate surface area is 203 Å². The van der Waals surface area contributed by atoms with E-state index in [2.05, 4.69) is 0 Å². The number of hydrogen-bond donors (Lipinski definition) is 0. The molecule has 0 fully saturated rings. The molecule has 8 heteroatoms. The second kappa shape index (κ2) is 8.52. The van der Waals surface area contributed by atoms with Crippen molar-refractivity contribution in [1.82, 2.24) is 0 Å². The molecule has 4 aromatic rings. The van der Waals surface area contributed by atoms with Crippen LogP contribution in [0.5, 0.6) is 0 Å². The molecule has 0 saturated carbocycles. The predicted molar refractivity (Wildman–Crippen MR) is 129 cm³/mol. The molecule has 1 aliphatic rings. The van der Waals surface area contributed by atoms with Gasteiger partial charge in [-0.25, -0.2) is 0 Å². The van der Waals surface area contributed by atoms with Crippen LogP contribution in [0.3, 0.4) is 0 Å². The van der Waals surface area contributed by atoms with E-state index >= 15 is 4.57 Å². The minimum absolute atomic E-state index is 0.112. The third kappa shape index (κ3) is 3.97. The quantitative estimate of drug-likeness (QED) is 0.200. The molecule has 182 valence electrons. The summed E-state index contributed by atoms with van der Waals surface area (Å²) in [5.74, 6) is 0. The third-order valence-corrected chi connectivity index (χ3v) is 9.36. The van der Waals surface area contributed by atoms with Crippen LogP contribution in [0.15, 0.2) is 103 Å². The summed E-state index contributed by atoms with van der Waals surface area (Å²) in [5.41, 5.74) is -0.212. The van der Waals surface area contributed by atoms with E-state index < -0.39 is 30.6 Å². The zero-order valence-corrected chi connectivity index (χ0v) is 19.3. The number of alkyl halides is 6. The first kappa shape index (κ1) is 24.1. The van der Waals surface area contributed by atoms with E-state index in [1.54, 1.807) is 60.7 Å². The highest BCUT2D eigenvalue weighted by atomic mass is 31.2. The van der Waals surface area contributed by atoms with Crippen molar-refractivity contribution in [3.05, 3.63) is 131 Å². The number of fused-ring (bicyclic) bond motifs is 1. The van der Waals surface area contributed by atoms with Gasteiger partial charge in [-0.2, -0.15) is 26.3 Å². The van der Waals surface area contributed by atoms with Gasteiger partial charge in [0.25, 0.3) is 0 Å². The van der Waals surface area contributed by atoms with Crippen LogP contribution in [-0.4, -0.2) is 0 Å². The molecule has 0 unspecified atom stereocenters. The lowest BCUT2D eigenvalue weighted by molar-refractivity contribution is -0.138. The van der Waals surface area contributed by atoms with Crippen LogP contribution >= 0.6 is 7.14 Å². The van der Waals surface area contributed by atoms with Crippen LogP contribution in [0.2, 0.25) is 0 Å². The van der Waals surface area contributed by atoms with E-state index in [9.17, 15) is 26.3 Å². The Morgan fingerprint density at radius 1 is 0.556 bits per heavy atom. The van der Waals surface area contributed by atoms with E-state index in [1.807, 2.05) is 0 Å². The summed E-state index contributed by atoms with van der Waals surface area (Å²) in [4.78, 5) is 0. The molecule has 0 N–H and O–H groups in total. The minimum atomic E-state index is -4.63. The van der Waals surface area contributed by atoms with Gasteiger partial charge in [0.15, 0.2) is 7.14 Å². The van der Waals surface area contributed by atoms with Gasteiger partial charge in [0.2, 0.25) is 0 Å². The van der Waals surface area contributed by atoms with Crippen molar-refractivity contribution in [2.45, 2.75) is 12.4 Å². The van der Waals surface area contributed by atoms with Crippen LogP contribution in [-0.2, 0) is 16.9 Å². The first-order chi connectivity index (χ1) is 17.0. The van der Waals surface area contributed by atoms with Crippen molar-refractivity contribution in [1.29, 1.82) is 0 Å². The van der Waals surface area contributed by atoms with Crippen LogP contribution in [0.25, 0.3) is 10.9 Å². The van der Waals surface area contributed by atoms with E-state index in [1.165, 1.54) is 6.07 Å². The van der Waals surface area contributed by atoms with Gasteiger partial charge in [-0.3, -0.25) is 0 Å². The first-order valence-electron chi connectivity index (χ1n) is 10.9. The molecule has 1 aliphatic heterocycles. The van der Waals surface area contributed by atoms with Gasteiger partial charge in [0, 0.05) is 21.5 Å². The lowest BCUT2D eigenvalue weighted by Crippen LogP contribution is -2.18. The molecule has 0 bridgehead atoms. The van der Waals surface area contributed by atoms with Crippen molar-refractivity contribution < 1.29 is 30.9 Å². The van der Waals surface area contributed by atoms with Crippen molar-refractivity contribution >= 4 is 28.6 Å². The monoisotopic (exact) mass is 514 g/mol. The topological polar surface area (TPSA) is 17.1 Å². The van der Waals surface area contributed by atoms with Gasteiger partial charge < -0.3 is 4.57 Å². The van der Waals surface area contributed by atoms with Gasteiger partial charge in [-0.15, -0.1) is 0 Å². The summed E-state index contributed by atoms with van der Waals surface area (Å²) in [6.07, 6.45) is -9.22. The maximum Gasteiger partial charge on any atom is 0.416 e. The molecule has 0 saturated heterocycles. The molecule has 0 spiro atoms. The third-order valence-electron chi connectivity index (χ3n) is 6.15. The average Bonchev–Trinajstić information content (AvgIpc) is 3.13. The van der Waals surface area contributed by atoms with E-state index in [0.717, 1.165) is 36.4 Å². The lowest BCUT2D eigenvalue weighted by Gasteiger charge is -2.20. The second-order valence-corrected chi connectivity index (χ2v) is 11.0. The van der Waals surface area contributed by atoms with E-state index in [-0.39, 0.29) is 16.2 Å². The van der Waals surface area contributed by atoms with E-state index in [4.69, 9.17) is 0 Å².